The molecular formula is C9H7BrFN3O2S. The molecule has 17 heavy (non-hydrogen) atoms. The second-order valence-electron chi connectivity index (χ2n) is 3.15. The lowest BCUT2D eigenvalue weighted by molar-refractivity contribution is 0.598. The number of sulfonamides is 1. The van der Waals surface area contributed by atoms with Crippen molar-refractivity contribution in [3.63, 3.8) is 0 Å². The van der Waals surface area contributed by atoms with Gasteiger partial charge in [-0.3, -0.25) is 4.72 Å². The molecule has 1 aromatic heterocycles. The highest BCUT2D eigenvalue weighted by atomic mass is 79.9. The van der Waals surface area contributed by atoms with Crippen LogP contribution in [-0.4, -0.2) is 18.4 Å². The molecule has 2 N–H and O–H groups in total. The predicted octanol–water partition coefficient (Wildman–Crippen LogP) is 2.11. The van der Waals surface area contributed by atoms with Gasteiger partial charge in [-0.05, 0) is 34.1 Å². The van der Waals surface area contributed by atoms with E-state index >= 15 is 0 Å². The van der Waals surface area contributed by atoms with Crippen LogP contribution in [0.3, 0.4) is 0 Å². The molecule has 0 saturated heterocycles. The summed E-state index contributed by atoms with van der Waals surface area (Å²) in [5.74, 6) is -0.546. The first-order chi connectivity index (χ1) is 7.99. The van der Waals surface area contributed by atoms with Crippen LogP contribution in [0.25, 0.3) is 0 Å². The number of rotatable bonds is 3. The number of imidazole rings is 1. The molecule has 0 amide bonds. The number of nitrogens with one attached hydrogen (secondary N) is 2. The molecular weight excluding hydrogens is 313 g/mol. The lowest BCUT2D eigenvalue weighted by atomic mass is 10.3. The van der Waals surface area contributed by atoms with Crippen molar-refractivity contribution in [3.05, 3.63) is 41.0 Å². The molecule has 2 aromatic rings. The number of hydrogen-bond donors (Lipinski definition) is 2. The lowest BCUT2D eigenvalue weighted by Crippen LogP contribution is -2.13. The zero-order valence-corrected chi connectivity index (χ0v) is 10.7. The molecule has 1 heterocycles. The van der Waals surface area contributed by atoms with Crippen molar-refractivity contribution in [2.75, 3.05) is 4.72 Å². The van der Waals surface area contributed by atoms with Gasteiger partial charge in [-0.2, -0.15) is 8.42 Å². The Morgan fingerprint density at radius 1 is 1.41 bits per heavy atom. The van der Waals surface area contributed by atoms with Crippen molar-refractivity contribution in [1.29, 1.82) is 0 Å². The first kappa shape index (κ1) is 12.1. The van der Waals surface area contributed by atoms with Crippen LogP contribution >= 0.6 is 15.9 Å². The molecule has 0 radical (unpaired) electrons. The minimum Gasteiger partial charge on any atom is -0.334 e. The van der Waals surface area contributed by atoms with E-state index < -0.39 is 15.8 Å². The Morgan fingerprint density at radius 2 is 2.18 bits per heavy atom. The van der Waals surface area contributed by atoms with Gasteiger partial charge in [-0.1, -0.05) is 0 Å². The zero-order valence-electron chi connectivity index (χ0n) is 8.31. The number of halogens is 2. The van der Waals surface area contributed by atoms with E-state index in [1.165, 1.54) is 18.5 Å². The number of aromatic nitrogens is 2. The summed E-state index contributed by atoms with van der Waals surface area (Å²) in [5, 5.41) is -0.0826. The fourth-order valence-electron chi connectivity index (χ4n) is 1.16. The van der Waals surface area contributed by atoms with Crippen LogP contribution in [0, 0.1) is 5.82 Å². The van der Waals surface area contributed by atoms with Crippen LogP contribution in [0.15, 0.2) is 40.2 Å². The highest BCUT2D eigenvalue weighted by molar-refractivity contribution is 9.10. The van der Waals surface area contributed by atoms with Gasteiger partial charge >= 0.3 is 0 Å². The minimum absolute atomic E-state index is 0.0826. The SMILES string of the molecule is O=S(=O)(Nc1ccc(Br)c(F)c1)c1cnc[nH]1. The standard InChI is InChI=1S/C9H7BrFN3O2S/c10-7-2-1-6(3-8(7)11)14-17(15,16)9-4-12-5-13-9/h1-5,14H,(H,12,13). The second kappa shape index (κ2) is 4.46. The Hall–Kier alpha value is -1.41. The number of H-pyrrole nitrogens is 1. The van der Waals surface area contributed by atoms with Gasteiger partial charge in [0.2, 0.25) is 0 Å². The summed E-state index contributed by atoms with van der Waals surface area (Å²) in [6.07, 6.45) is 2.41. The Kier molecular flexibility index (Phi) is 3.16. The van der Waals surface area contributed by atoms with E-state index in [0.717, 1.165) is 12.3 Å². The van der Waals surface area contributed by atoms with Gasteiger partial charge in [0.15, 0.2) is 5.03 Å². The largest absolute Gasteiger partial charge is 0.334 e. The summed E-state index contributed by atoms with van der Waals surface area (Å²) in [7, 11) is -3.75. The molecule has 0 fully saturated rings. The molecule has 0 spiro atoms. The zero-order chi connectivity index (χ0) is 12.5. The first-order valence-corrected chi connectivity index (χ1v) is 6.73. The van der Waals surface area contributed by atoms with Gasteiger partial charge in [0.25, 0.3) is 10.0 Å². The molecule has 2 rings (SSSR count). The summed E-state index contributed by atoms with van der Waals surface area (Å²) in [6, 6.07) is 3.94. The smallest absolute Gasteiger partial charge is 0.278 e. The third-order valence-corrected chi connectivity index (χ3v) is 3.88. The number of benzene rings is 1. The van der Waals surface area contributed by atoms with Gasteiger partial charge in [0, 0.05) is 0 Å². The maximum absolute atomic E-state index is 13.2. The normalized spacial score (nSPS) is 11.4. The molecule has 90 valence electrons. The van der Waals surface area contributed by atoms with Crippen LogP contribution < -0.4 is 4.72 Å². The van der Waals surface area contributed by atoms with Crippen molar-refractivity contribution in [1.82, 2.24) is 9.97 Å². The third kappa shape index (κ3) is 2.64. The molecule has 0 aliphatic carbocycles. The topological polar surface area (TPSA) is 74.8 Å². The summed E-state index contributed by atoms with van der Waals surface area (Å²) in [6.45, 7) is 0. The highest BCUT2D eigenvalue weighted by Gasteiger charge is 2.15. The maximum atomic E-state index is 13.2. The van der Waals surface area contributed by atoms with E-state index in [2.05, 4.69) is 30.6 Å². The fraction of sp³-hybridized carbons (Fsp3) is 0. The van der Waals surface area contributed by atoms with E-state index in [9.17, 15) is 12.8 Å². The lowest BCUT2D eigenvalue weighted by Gasteiger charge is -2.06. The van der Waals surface area contributed by atoms with Crippen LogP contribution in [0.4, 0.5) is 10.1 Å². The Morgan fingerprint density at radius 3 is 2.76 bits per heavy atom. The number of nitrogens with zero attached hydrogens (tertiary/aromatic N) is 1. The van der Waals surface area contributed by atoms with Crippen LogP contribution in [0.1, 0.15) is 0 Å². The van der Waals surface area contributed by atoms with E-state index in [4.69, 9.17) is 0 Å². The molecule has 0 bridgehead atoms. The average molecular weight is 320 g/mol. The second-order valence-corrected chi connectivity index (χ2v) is 5.66. The summed E-state index contributed by atoms with van der Waals surface area (Å²) >= 11 is 2.98. The average Bonchev–Trinajstić information content (AvgIpc) is 2.77. The van der Waals surface area contributed by atoms with Crippen molar-refractivity contribution < 1.29 is 12.8 Å². The third-order valence-electron chi connectivity index (χ3n) is 1.93. The Labute approximate surface area is 105 Å². The van der Waals surface area contributed by atoms with Gasteiger partial charge in [-0.15, -0.1) is 0 Å². The molecule has 0 aliphatic rings. The number of anilines is 1. The molecule has 0 aliphatic heterocycles. The number of aromatic amines is 1. The van der Waals surface area contributed by atoms with Gasteiger partial charge < -0.3 is 4.98 Å². The summed E-state index contributed by atoms with van der Waals surface area (Å²) < 4.78 is 39.2. The van der Waals surface area contributed by atoms with E-state index in [1.54, 1.807) is 0 Å². The first-order valence-electron chi connectivity index (χ1n) is 4.45. The van der Waals surface area contributed by atoms with Gasteiger partial charge in [0.1, 0.15) is 5.82 Å². The molecule has 0 saturated carbocycles. The van der Waals surface area contributed by atoms with Crippen molar-refractivity contribution in [3.8, 4) is 0 Å². The van der Waals surface area contributed by atoms with Crippen LogP contribution in [0.5, 0.6) is 0 Å². The number of hydrogen-bond acceptors (Lipinski definition) is 3. The molecule has 0 unspecified atom stereocenters. The molecule has 1 aromatic carbocycles. The predicted molar refractivity (Wildman–Crippen MR) is 63.5 cm³/mol. The Bertz CT molecular complexity index is 628. The highest BCUT2D eigenvalue weighted by Crippen LogP contribution is 2.21. The minimum atomic E-state index is -3.75. The maximum Gasteiger partial charge on any atom is 0.278 e. The van der Waals surface area contributed by atoms with Crippen LogP contribution in [0.2, 0.25) is 0 Å². The van der Waals surface area contributed by atoms with Crippen LogP contribution in [-0.2, 0) is 10.0 Å². The molecule has 5 nitrogen and oxygen atoms in total. The molecule has 0 atom stereocenters. The van der Waals surface area contributed by atoms with Gasteiger partial charge in [0.05, 0.1) is 22.7 Å². The monoisotopic (exact) mass is 319 g/mol. The van der Waals surface area contributed by atoms with Crippen molar-refractivity contribution in [2.24, 2.45) is 0 Å². The fourth-order valence-corrected chi connectivity index (χ4v) is 2.36. The summed E-state index contributed by atoms with van der Waals surface area (Å²) in [5.41, 5.74) is 0.139. The molecule has 8 heteroatoms. The Balaban J connectivity index is 2.30. The van der Waals surface area contributed by atoms with E-state index in [-0.39, 0.29) is 15.2 Å². The van der Waals surface area contributed by atoms with Crippen molar-refractivity contribution >= 4 is 31.6 Å². The quantitative estimate of drug-likeness (QED) is 0.909. The summed E-state index contributed by atoms with van der Waals surface area (Å²) in [4.78, 5) is 6.06. The van der Waals surface area contributed by atoms with Crippen molar-refractivity contribution in [2.45, 2.75) is 5.03 Å². The van der Waals surface area contributed by atoms with E-state index in [0.29, 0.717) is 0 Å². The van der Waals surface area contributed by atoms with Gasteiger partial charge in [-0.25, -0.2) is 9.37 Å². The van der Waals surface area contributed by atoms with E-state index in [1.807, 2.05) is 0 Å².